The molecule has 0 N–H and O–H groups in total. The number of aromatic nitrogens is 2. The minimum Gasteiger partial charge on any atom is -0.493 e. The van der Waals surface area contributed by atoms with E-state index in [4.69, 9.17) is 9.47 Å². The topological polar surface area (TPSA) is 53.4 Å². The van der Waals surface area contributed by atoms with Crippen molar-refractivity contribution in [2.24, 2.45) is 0 Å². The van der Waals surface area contributed by atoms with E-state index in [0.717, 1.165) is 17.4 Å². The number of ether oxygens (including phenoxy) is 2. The van der Waals surface area contributed by atoms with Crippen LogP contribution in [0.2, 0.25) is 0 Å². The standard InChI is InChI=1S/C20H20N2O3/c1-14-5-4-6-15(9-14)11-22-12-17(13-23)20(21-22)16-7-8-18(24-2)19(10-16)25-3/h4-10,12-13H,11H2,1-3H3. The molecule has 128 valence electrons. The van der Waals surface area contributed by atoms with Crippen molar-refractivity contribution in [3.05, 3.63) is 65.4 Å². The highest BCUT2D eigenvalue weighted by Crippen LogP contribution is 2.32. The summed E-state index contributed by atoms with van der Waals surface area (Å²) in [6.45, 7) is 2.66. The number of rotatable bonds is 6. The zero-order valence-electron chi connectivity index (χ0n) is 14.5. The Hall–Kier alpha value is -3.08. The lowest BCUT2D eigenvalue weighted by atomic mass is 10.1. The first-order chi connectivity index (χ1) is 12.1. The normalized spacial score (nSPS) is 10.5. The van der Waals surface area contributed by atoms with Crippen molar-refractivity contribution in [3.8, 4) is 22.8 Å². The van der Waals surface area contributed by atoms with Crippen LogP contribution >= 0.6 is 0 Å². The lowest BCUT2D eigenvalue weighted by Gasteiger charge is -2.08. The van der Waals surface area contributed by atoms with Crippen LogP contribution in [-0.4, -0.2) is 30.3 Å². The van der Waals surface area contributed by atoms with Gasteiger partial charge in [-0.3, -0.25) is 9.48 Å². The fourth-order valence-corrected chi connectivity index (χ4v) is 2.81. The maximum absolute atomic E-state index is 11.5. The molecular weight excluding hydrogens is 316 g/mol. The van der Waals surface area contributed by atoms with Crippen molar-refractivity contribution in [3.63, 3.8) is 0 Å². The molecule has 3 aromatic rings. The molecular formula is C20H20N2O3. The number of hydrogen-bond donors (Lipinski definition) is 0. The number of methoxy groups -OCH3 is 2. The summed E-state index contributed by atoms with van der Waals surface area (Å²) in [5.41, 5.74) is 4.31. The Bertz CT molecular complexity index is 900. The van der Waals surface area contributed by atoms with Gasteiger partial charge >= 0.3 is 0 Å². The monoisotopic (exact) mass is 336 g/mol. The first kappa shape index (κ1) is 16.8. The molecule has 1 aromatic heterocycles. The molecule has 3 rings (SSSR count). The first-order valence-electron chi connectivity index (χ1n) is 7.95. The van der Waals surface area contributed by atoms with Crippen molar-refractivity contribution < 1.29 is 14.3 Å². The molecule has 0 fully saturated rings. The molecule has 0 saturated carbocycles. The van der Waals surface area contributed by atoms with Gasteiger partial charge < -0.3 is 9.47 Å². The third-order valence-corrected chi connectivity index (χ3v) is 4.00. The minimum atomic E-state index is 0.542. The number of aldehydes is 1. The van der Waals surface area contributed by atoms with Crippen molar-refractivity contribution in [2.75, 3.05) is 14.2 Å². The van der Waals surface area contributed by atoms with Gasteiger partial charge in [-0.05, 0) is 30.7 Å². The second-order valence-electron chi connectivity index (χ2n) is 5.81. The quantitative estimate of drug-likeness (QED) is 0.644. The number of hydrogen-bond acceptors (Lipinski definition) is 4. The molecule has 0 bridgehead atoms. The molecule has 0 atom stereocenters. The van der Waals surface area contributed by atoms with Crippen molar-refractivity contribution in [1.82, 2.24) is 9.78 Å². The van der Waals surface area contributed by atoms with Crippen LogP contribution in [0.15, 0.2) is 48.7 Å². The summed E-state index contributed by atoms with van der Waals surface area (Å²) in [7, 11) is 3.17. The Balaban J connectivity index is 1.97. The molecule has 1 heterocycles. The highest BCUT2D eigenvalue weighted by molar-refractivity contribution is 5.85. The highest BCUT2D eigenvalue weighted by atomic mass is 16.5. The van der Waals surface area contributed by atoms with E-state index in [1.165, 1.54) is 5.56 Å². The van der Waals surface area contributed by atoms with Gasteiger partial charge in [-0.15, -0.1) is 0 Å². The smallest absolute Gasteiger partial charge is 0.161 e. The van der Waals surface area contributed by atoms with E-state index < -0.39 is 0 Å². The lowest BCUT2D eigenvalue weighted by Crippen LogP contribution is -2.00. The Morgan fingerprint density at radius 2 is 1.88 bits per heavy atom. The van der Waals surface area contributed by atoms with Gasteiger partial charge in [0.1, 0.15) is 5.69 Å². The van der Waals surface area contributed by atoms with Crippen molar-refractivity contribution >= 4 is 6.29 Å². The Kier molecular flexibility index (Phi) is 4.84. The number of benzene rings is 2. The number of carbonyl (C=O) groups is 1. The third kappa shape index (κ3) is 3.55. The molecule has 0 amide bonds. The Morgan fingerprint density at radius 1 is 1.08 bits per heavy atom. The molecule has 0 saturated heterocycles. The summed E-state index contributed by atoms with van der Waals surface area (Å²) < 4.78 is 12.4. The lowest BCUT2D eigenvalue weighted by molar-refractivity contribution is 0.112. The van der Waals surface area contributed by atoms with E-state index in [9.17, 15) is 4.79 Å². The predicted molar refractivity (Wildman–Crippen MR) is 96.4 cm³/mol. The molecule has 5 heteroatoms. The summed E-state index contributed by atoms with van der Waals surface area (Å²) >= 11 is 0. The van der Waals surface area contributed by atoms with Crippen molar-refractivity contribution in [1.29, 1.82) is 0 Å². The molecule has 2 aromatic carbocycles. The van der Waals surface area contributed by atoms with Crippen LogP contribution in [0, 0.1) is 6.92 Å². The molecule has 0 aliphatic heterocycles. The van der Waals surface area contributed by atoms with Gasteiger partial charge in [-0.25, -0.2) is 0 Å². The largest absolute Gasteiger partial charge is 0.493 e. The van der Waals surface area contributed by atoms with Crippen LogP contribution in [0.4, 0.5) is 0 Å². The van der Waals surface area contributed by atoms with Gasteiger partial charge in [0, 0.05) is 11.8 Å². The summed E-state index contributed by atoms with van der Waals surface area (Å²) in [6.07, 6.45) is 2.59. The number of carbonyl (C=O) groups excluding carboxylic acids is 1. The zero-order chi connectivity index (χ0) is 17.8. The van der Waals surface area contributed by atoms with Crippen LogP contribution in [0.1, 0.15) is 21.5 Å². The average molecular weight is 336 g/mol. The van der Waals surface area contributed by atoms with Crippen LogP contribution in [-0.2, 0) is 6.54 Å². The van der Waals surface area contributed by atoms with Gasteiger partial charge in [0.25, 0.3) is 0 Å². The Morgan fingerprint density at radius 3 is 2.56 bits per heavy atom. The SMILES string of the molecule is COc1ccc(-c2nn(Cc3cccc(C)c3)cc2C=O)cc1OC. The first-order valence-corrected chi connectivity index (χ1v) is 7.95. The molecule has 0 unspecified atom stereocenters. The Labute approximate surface area is 146 Å². The molecule has 0 aliphatic rings. The van der Waals surface area contributed by atoms with Crippen LogP contribution in [0.3, 0.4) is 0 Å². The highest BCUT2D eigenvalue weighted by Gasteiger charge is 2.14. The van der Waals surface area contributed by atoms with E-state index in [-0.39, 0.29) is 0 Å². The number of nitrogens with zero attached hydrogens (tertiary/aromatic N) is 2. The molecule has 0 radical (unpaired) electrons. The average Bonchev–Trinajstić information content (AvgIpc) is 3.04. The predicted octanol–water partition coefficient (Wildman–Crippen LogP) is 3.74. The van der Waals surface area contributed by atoms with Crippen LogP contribution < -0.4 is 9.47 Å². The van der Waals surface area contributed by atoms with Gasteiger partial charge in [-0.1, -0.05) is 29.8 Å². The zero-order valence-corrected chi connectivity index (χ0v) is 14.5. The maximum Gasteiger partial charge on any atom is 0.161 e. The van der Waals surface area contributed by atoms with Gasteiger partial charge in [-0.2, -0.15) is 5.10 Å². The van der Waals surface area contributed by atoms with Crippen LogP contribution in [0.5, 0.6) is 11.5 Å². The fourth-order valence-electron chi connectivity index (χ4n) is 2.81. The molecule has 5 nitrogen and oxygen atoms in total. The summed E-state index contributed by atoms with van der Waals surface area (Å²) in [4.78, 5) is 11.5. The van der Waals surface area contributed by atoms with E-state index in [1.807, 2.05) is 30.3 Å². The number of aryl methyl sites for hydroxylation is 1. The second kappa shape index (κ2) is 7.21. The van der Waals surface area contributed by atoms with E-state index in [0.29, 0.717) is 29.3 Å². The summed E-state index contributed by atoms with van der Waals surface area (Å²) in [5, 5.41) is 4.60. The van der Waals surface area contributed by atoms with Crippen LogP contribution in [0.25, 0.3) is 11.3 Å². The van der Waals surface area contributed by atoms with Crippen molar-refractivity contribution in [2.45, 2.75) is 13.5 Å². The van der Waals surface area contributed by atoms with E-state index in [1.54, 1.807) is 25.1 Å². The van der Waals surface area contributed by atoms with E-state index >= 15 is 0 Å². The van der Waals surface area contributed by atoms with Gasteiger partial charge in [0.15, 0.2) is 17.8 Å². The maximum atomic E-state index is 11.5. The van der Waals surface area contributed by atoms with E-state index in [2.05, 4.69) is 24.2 Å². The third-order valence-electron chi connectivity index (χ3n) is 4.00. The summed E-state index contributed by atoms with van der Waals surface area (Å²) in [6, 6.07) is 13.7. The second-order valence-corrected chi connectivity index (χ2v) is 5.81. The minimum absolute atomic E-state index is 0.542. The molecule has 0 aliphatic carbocycles. The summed E-state index contributed by atoms with van der Waals surface area (Å²) in [5.74, 6) is 1.24. The van der Waals surface area contributed by atoms with Gasteiger partial charge in [0.05, 0.1) is 26.3 Å². The molecule has 25 heavy (non-hydrogen) atoms. The van der Waals surface area contributed by atoms with Gasteiger partial charge in [0.2, 0.25) is 0 Å². The fraction of sp³-hybridized carbons (Fsp3) is 0.200. The molecule has 0 spiro atoms.